The van der Waals surface area contributed by atoms with Gasteiger partial charge in [-0.15, -0.1) is 11.3 Å². The molecule has 0 saturated carbocycles. The quantitative estimate of drug-likeness (QED) is 0.942. The third-order valence-corrected chi connectivity index (χ3v) is 3.63. The molecule has 2 aromatic rings. The second kappa shape index (κ2) is 6.02. The van der Waals surface area contributed by atoms with Gasteiger partial charge in [-0.25, -0.2) is 9.78 Å². The first kappa shape index (κ1) is 14.5. The predicted molar refractivity (Wildman–Crippen MR) is 76.3 cm³/mol. The monoisotopic (exact) mass is 310 g/mol. The molecule has 0 atom stereocenters. The maximum Gasteiger partial charge on any atom is 0.355 e. The molecule has 0 aliphatic heterocycles. The molecule has 0 spiro atoms. The van der Waals surface area contributed by atoms with Crippen molar-refractivity contribution < 1.29 is 14.7 Å². The van der Waals surface area contributed by atoms with E-state index in [-0.39, 0.29) is 16.6 Å². The van der Waals surface area contributed by atoms with Gasteiger partial charge in [0, 0.05) is 24.0 Å². The third kappa shape index (κ3) is 3.34. The molecule has 5 nitrogen and oxygen atoms in total. The van der Waals surface area contributed by atoms with Gasteiger partial charge in [0.05, 0.1) is 0 Å². The standard InChI is InChI=1S/C13H11ClN2O3S/c1-16(6-8-3-2-4-9(14)5-8)12(17)11-15-10(7-20-11)13(18)19/h2-5,7H,6H2,1H3,(H,18,19). The summed E-state index contributed by atoms with van der Waals surface area (Å²) in [7, 11) is 1.63. The summed E-state index contributed by atoms with van der Waals surface area (Å²) in [6.07, 6.45) is 0. The van der Waals surface area contributed by atoms with Crippen molar-refractivity contribution in [3.8, 4) is 0 Å². The fourth-order valence-electron chi connectivity index (χ4n) is 1.61. The first-order valence-electron chi connectivity index (χ1n) is 5.66. The van der Waals surface area contributed by atoms with E-state index < -0.39 is 5.97 Å². The zero-order valence-electron chi connectivity index (χ0n) is 10.5. The van der Waals surface area contributed by atoms with Crippen molar-refractivity contribution in [2.45, 2.75) is 6.54 Å². The first-order chi connectivity index (χ1) is 9.47. The maximum atomic E-state index is 12.1. The van der Waals surface area contributed by atoms with Gasteiger partial charge in [-0.2, -0.15) is 0 Å². The van der Waals surface area contributed by atoms with Gasteiger partial charge in [-0.1, -0.05) is 23.7 Å². The second-order valence-electron chi connectivity index (χ2n) is 4.13. The number of carbonyl (C=O) groups is 2. The van der Waals surface area contributed by atoms with Gasteiger partial charge < -0.3 is 10.0 Å². The van der Waals surface area contributed by atoms with E-state index in [0.717, 1.165) is 16.9 Å². The molecule has 20 heavy (non-hydrogen) atoms. The molecule has 0 aliphatic rings. The van der Waals surface area contributed by atoms with E-state index in [9.17, 15) is 9.59 Å². The number of carbonyl (C=O) groups excluding carboxylic acids is 1. The normalized spacial score (nSPS) is 10.3. The van der Waals surface area contributed by atoms with E-state index in [1.165, 1.54) is 10.3 Å². The number of carboxylic acids is 1. The number of amides is 1. The van der Waals surface area contributed by atoms with Gasteiger partial charge in [0.25, 0.3) is 5.91 Å². The Balaban J connectivity index is 2.10. The summed E-state index contributed by atoms with van der Waals surface area (Å²) in [6.45, 7) is 0.376. The summed E-state index contributed by atoms with van der Waals surface area (Å²) in [5, 5.41) is 10.9. The van der Waals surface area contributed by atoms with Crippen LogP contribution < -0.4 is 0 Å². The van der Waals surface area contributed by atoms with Gasteiger partial charge in [0.2, 0.25) is 0 Å². The van der Waals surface area contributed by atoms with Gasteiger partial charge in [0.15, 0.2) is 10.7 Å². The highest BCUT2D eigenvalue weighted by Gasteiger charge is 2.18. The van der Waals surface area contributed by atoms with Crippen molar-refractivity contribution in [3.05, 3.63) is 50.9 Å². The van der Waals surface area contributed by atoms with Crippen LogP contribution in [0.5, 0.6) is 0 Å². The molecule has 0 unspecified atom stereocenters. The smallest absolute Gasteiger partial charge is 0.355 e. The van der Waals surface area contributed by atoms with Crippen LogP contribution in [0.3, 0.4) is 0 Å². The number of hydrogen-bond donors (Lipinski definition) is 1. The minimum Gasteiger partial charge on any atom is -0.476 e. The second-order valence-corrected chi connectivity index (χ2v) is 5.43. The average Bonchev–Trinajstić information content (AvgIpc) is 2.87. The lowest BCUT2D eigenvalue weighted by molar-refractivity contribution is 0.0691. The molecule has 0 fully saturated rings. The van der Waals surface area contributed by atoms with Crippen LogP contribution in [-0.2, 0) is 6.54 Å². The zero-order valence-corrected chi connectivity index (χ0v) is 12.1. The Morgan fingerprint density at radius 1 is 1.45 bits per heavy atom. The SMILES string of the molecule is CN(Cc1cccc(Cl)c1)C(=O)c1nc(C(=O)O)cs1. The van der Waals surface area contributed by atoms with Crippen LogP contribution in [0.1, 0.15) is 25.9 Å². The minimum absolute atomic E-state index is 0.116. The lowest BCUT2D eigenvalue weighted by Crippen LogP contribution is -2.26. The highest BCUT2D eigenvalue weighted by molar-refractivity contribution is 7.11. The molecule has 1 N–H and O–H groups in total. The van der Waals surface area contributed by atoms with Crippen molar-refractivity contribution in [1.29, 1.82) is 0 Å². The Hall–Kier alpha value is -1.92. The molecule has 104 valence electrons. The average molecular weight is 311 g/mol. The fraction of sp³-hybridized carbons (Fsp3) is 0.154. The van der Waals surface area contributed by atoms with Gasteiger partial charge in [-0.05, 0) is 17.7 Å². The van der Waals surface area contributed by atoms with Gasteiger partial charge >= 0.3 is 5.97 Å². The van der Waals surface area contributed by atoms with Crippen molar-refractivity contribution in [2.24, 2.45) is 0 Å². The molecule has 1 aromatic heterocycles. The number of halogens is 1. The molecule has 2 rings (SSSR count). The van der Waals surface area contributed by atoms with Crippen LogP contribution in [0.15, 0.2) is 29.6 Å². The van der Waals surface area contributed by atoms with Crippen molar-refractivity contribution >= 4 is 34.8 Å². The molecule has 0 radical (unpaired) electrons. The van der Waals surface area contributed by atoms with Crippen molar-refractivity contribution in [2.75, 3.05) is 7.05 Å². The molecule has 7 heteroatoms. The number of rotatable bonds is 4. The summed E-state index contributed by atoms with van der Waals surface area (Å²) < 4.78 is 0. The lowest BCUT2D eigenvalue weighted by atomic mass is 10.2. The van der Waals surface area contributed by atoms with Crippen LogP contribution >= 0.6 is 22.9 Å². The molecular formula is C13H11ClN2O3S. The first-order valence-corrected chi connectivity index (χ1v) is 6.92. The van der Waals surface area contributed by atoms with Crippen LogP contribution in [0.2, 0.25) is 5.02 Å². The molecule has 1 amide bonds. The summed E-state index contributed by atoms with van der Waals surface area (Å²) in [6, 6.07) is 7.20. The van der Waals surface area contributed by atoms with E-state index in [1.807, 2.05) is 12.1 Å². The van der Waals surface area contributed by atoms with Gasteiger partial charge in [-0.3, -0.25) is 4.79 Å². The van der Waals surface area contributed by atoms with Crippen LogP contribution in [0, 0.1) is 0 Å². The van der Waals surface area contributed by atoms with Crippen LogP contribution in [0.4, 0.5) is 0 Å². The zero-order chi connectivity index (χ0) is 14.7. The maximum absolute atomic E-state index is 12.1. The molecule has 0 aliphatic carbocycles. The van der Waals surface area contributed by atoms with Crippen molar-refractivity contribution in [1.82, 2.24) is 9.88 Å². The van der Waals surface area contributed by atoms with Crippen LogP contribution in [0.25, 0.3) is 0 Å². The predicted octanol–water partition coefficient (Wildman–Crippen LogP) is 2.77. The number of hydrogen-bond acceptors (Lipinski definition) is 4. The number of benzene rings is 1. The Labute approximate surface area is 124 Å². The number of nitrogens with zero attached hydrogens (tertiary/aromatic N) is 2. The molecule has 0 bridgehead atoms. The minimum atomic E-state index is -1.14. The summed E-state index contributed by atoms with van der Waals surface area (Å²) in [5.74, 6) is -1.46. The molecular weight excluding hydrogens is 300 g/mol. The number of aromatic carboxylic acids is 1. The summed E-state index contributed by atoms with van der Waals surface area (Å²) >= 11 is 6.90. The van der Waals surface area contributed by atoms with Crippen LogP contribution in [-0.4, -0.2) is 33.9 Å². The largest absolute Gasteiger partial charge is 0.476 e. The Morgan fingerprint density at radius 3 is 2.80 bits per heavy atom. The topological polar surface area (TPSA) is 70.5 Å². The van der Waals surface area contributed by atoms with E-state index in [2.05, 4.69) is 4.98 Å². The van der Waals surface area contributed by atoms with Gasteiger partial charge in [0.1, 0.15) is 0 Å². The Morgan fingerprint density at radius 2 is 2.20 bits per heavy atom. The molecule has 1 heterocycles. The number of aromatic nitrogens is 1. The lowest BCUT2D eigenvalue weighted by Gasteiger charge is -2.15. The number of thiazole rings is 1. The fourth-order valence-corrected chi connectivity index (χ4v) is 2.61. The Kier molecular flexibility index (Phi) is 4.36. The third-order valence-electron chi connectivity index (χ3n) is 2.56. The highest BCUT2D eigenvalue weighted by Crippen LogP contribution is 2.15. The summed E-state index contributed by atoms with van der Waals surface area (Å²) in [5.41, 5.74) is 0.776. The van der Waals surface area contributed by atoms with E-state index in [1.54, 1.807) is 19.2 Å². The molecule has 1 aromatic carbocycles. The summed E-state index contributed by atoms with van der Waals surface area (Å²) in [4.78, 5) is 28.1. The van der Waals surface area contributed by atoms with E-state index in [4.69, 9.17) is 16.7 Å². The molecule has 0 saturated heterocycles. The number of carboxylic acid groups (broad SMARTS) is 1. The van der Waals surface area contributed by atoms with E-state index in [0.29, 0.717) is 11.6 Å². The highest BCUT2D eigenvalue weighted by atomic mass is 35.5. The Bertz CT molecular complexity index is 657. The van der Waals surface area contributed by atoms with Crippen molar-refractivity contribution in [3.63, 3.8) is 0 Å². The van der Waals surface area contributed by atoms with E-state index >= 15 is 0 Å².